The molecule has 1 aliphatic carbocycles. The third kappa shape index (κ3) is 5.64. The van der Waals surface area contributed by atoms with Gasteiger partial charge in [-0.1, -0.05) is 0 Å². The van der Waals surface area contributed by atoms with Crippen molar-refractivity contribution < 1.29 is 23.1 Å². The molecule has 0 radical (unpaired) electrons. The highest BCUT2D eigenvalue weighted by Gasteiger charge is 2.37. The number of amides is 1. The van der Waals surface area contributed by atoms with Crippen molar-refractivity contribution in [1.82, 2.24) is 5.32 Å². The van der Waals surface area contributed by atoms with Crippen LogP contribution in [0, 0.1) is 0 Å². The Morgan fingerprint density at radius 2 is 1.90 bits per heavy atom. The molecule has 1 saturated carbocycles. The summed E-state index contributed by atoms with van der Waals surface area (Å²) >= 11 is 0. The zero-order valence-electron chi connectivity index (χ0n) is 12.2. The second kappa shape index (κ2) is 5.87. The van der Waals surface area contributed by atoms with Gasteiger partial charge in [-0.05, 0) is 46.5 Å². The van der Waals surface area contributed by atoms with Crippen LogP contribution in [0.25, 0.3) is 0 Å². The molecule has 1 rings (SSSR count). The Labute approximate surface area is 119 Å². The molecule has 118 valence electrons. The maximum Gasteiger partial charge on any atom is 0.407 e. The summed E-state index contributed by atoms with van der Waals surface area (Å²) < 4.78 is 27.5. The van der Waals surface area contributed by atoms with E-state index in [-0.39, 0.29) is 19.4 Å². The van der Waals surface area contributed by atoms with Gasteiger partial charge in [0, 0.05) is 6.54 Å². The van der Waals surface area contributed by atoms with Crippen molar-refractivity contribution >= 4 is 16.1 Å². The normalized spacial score (nSPS) is 27.9. The van der Waals surface area contributed by atoms with Crippen LogP contribution in [0.3, 0.4) is 0 Å². The summed E-state index contributed by atoms with van der Waals surface area (Å²) in [6.45, 7) is 5.29. The number of alkyl carbamates (subject to hydrolysis) is 1. The van der Waals surface area contributed by atoms with Crippen LogP contribution in [0.1, 0.15) is 46.5 Å². The molecule has 0 spiro atoms. The molecule has 0 aromatic carbocycles. The van der Waals surface area contributed by atoms with Crippen LogP contribution < -0.4 is 10.5 Å². The van der Waals surface area contributed by atoms with Gasteiger partial charge >= 0.3 is 6.09 Å². The average Bonchev–Trinajstić information content (AvgIpc) is 2.23. The lowest BCUT2D eigenvalue weighted by Gasteiger charge is -2.35. The molecule has 0 unspecified atom stereocenters. The molecular weight excluding hydrogens is 284 g/mol. The lowest BCUT2D eigenvalue weighted by atomic mass is 9.84. The highest BCUT2D eigenvalue weighted by molar-refractivity contribution is 7.89. The van der Waals surface area contributed by atoms with Crippen LogP contribution in [0.15, 0.2) is 0 Å². The molecule has 20 heavy (non-hydrogen) atoms. The van der Waals surface area contributed by atoms with E-state index in [2.05, 4.69) is 5.32 Å². The van der Waals surface area contributed by atoms with Crippen molar-refractivity contribution in [3.05, 3.63) is 0 Å². The van der Waals surface area contributed by atoms with Gasteiger partial charge < -0.3 is 15.2 Å². The van der Waals surface area contributed by atoms with E-state index in [1.54, 1.807) is 20.8 Å². The third-order valence-electron chi connectivity index (χ3n) is 3.29. The summed E-state index contributed by atoms with van der Waals surface area (Å²) in [7, 11) is -3.55. The minimum Gasteiger partial charge on any atom is -0.444 e. The minimum atomic E-state index is -3.55. The number of rotatable bonds is 3. The van der Waals surface area contributed by atoms with Crippen molar-refractivity contribution in [2.24, 2.45) is 5.14 Å². The van der Waals surface area contributed by atoms with Gasteiger partial charge in [-0.3, -0.25) is 0 Å². The van der Waals surface area contributed by atoms with Crippen LogP contribution in [0.2, 0.25) is 0 Å². The van der Waals surface area contributed by atoms with E-state index in [0.29, 0.717) is 12.8 Å². The summed E-state index contributed by atoms with van der Waals surface area (Å²) in [5.41, 5.74) is -1.70. The highest BCUT2D eigenvalue weighted by Crippen LogP contribution is 2.30. The number of nitrogens with two attached hydrogens (primary N) is 1. The van der Waals surface area contributed by atoms with Gasteiger partial charge in [0.2, 0.25) is 10.0 Å². The summed E-state index contributed by atoms with van der Waals surface area (Å²) in [4.78, 5) is 11.5. The molecule has 4 N–H and O–H groups in total. The zero-order chi connectivity index (χ0) is 15.6. The van der Waals surface area contributed by atoms with Crippen molar-refractivity contribution in [2.75, 3.05) is 6.54 Å². The van der Waals surface area contributed by atoms with E-state index >= 15 is 0 Å². The fourth-order valence-corrected chi connectivity index (χ4v) is 3.08. The van der Waals surface area contributed by atoms with E-state index < -0.39 is 32.6 Å². The smallest absolute Gasteiger partial charge is 0.407 e. The molecule has 0 heterocycles. The Kier molecular flexibility index (Phi) is 5.04. The molecule has 0 saturated heterocycles. The molecule has 1 fully saturated rings. The molecule has 0 bridgehead atoms. The topological polar surface area (TPSA) is 119 Å². The second-order valence-electron chi connectivity index (χ2n) is 6.37. The molecule has 0 aliphatic heterocycles. The number of carbonyl (C=O) groups excluding carboxylic acids is 1. The molecule has 0 aromatic rings. The quantitative estimate of drug-likeness (QED) is 0.700. The Bertz CT molecular complexity index is 447. The Morgan fingerprint density at radius 1 is 1.40 bits per heavy atom. The van der Waals surface area contributed by atoms with Gasteiger partial charge in [0.25, 0.3) is 0 Å². The number of hydrogen-bond acceptors (Lipinski definition) is 5. The van der Waals surface area contributed by atoms with Gasteiger partial charge in [0.15, 0.2) is 0 Å². The fourth-order valence-electron chi connectivity index (χ4n) is 2.18. The number of aliphatic hydroxyl groups is 1. The number of hydrogen-bond donors (Lipinski definition) is 3. The summed E-state index contributed by atoms with van der Waals surface area (Å²) in [6, 6.07) is 0. The van der Waals surface area contributed by atoms with Crippen molar-refractivity contribution in [3.8, 4) is 0 Å². The SMILES string of the molecule is CC(C)(C)OC(=O)NC[C@]1(O)CC[C@@H](S(N)(=O)=O)CC1. The first kappa shape index (κ1) is 17.2. The molecule has 8 heteroatoms. The molecule has 0 atom stereocenters. The first-order valence-corrected chi connectivity index (χ1v) is 8.23. The van der Waals surface area contributed by atoms with Crippen molar-refractivity contribution in [2.45, 2.75) is 62.9 Å². The van der Waals surface area contributed by atoms with Gasteiger partial charge in [0.05, 0.1) is 10.9 Å². The van der Waals surface area contributed by atoms with E-state index in [9.17, 15) is 18.3 Å². The summed E-state index contributed by atoms with van der Waals surface area (Å²) in [6.07, 6.45) is 0.560. The predicted molar refractivity (Wildman–Crippen MR) is 74.5 cm³/mol. The number of nitrogens with one attached hydrogen (secondary N) is 1. The van der Waals surface area contributed by atoms with Gasteiger partial charge in [-0.2, -0.15) is 0 Å². The molecular formula is C12H24N2O5S. The van der Waals surface area contributed by atoms with Gasteiger partial charge in [-0.25, -0.2) is 18.4 Å². The average molecular weight is 308 g/mol. The maximum absolute atomic E-state index is 11.5. The number of carbonyl (C=O) groups is 1. The van der Waals surface area contributed by atoms with Crippen LogP contribution in [-0.4, -0.2) is 42.6 Å². The van der Waals surface area contributed by atoms with Crippen molar-refractivity contribution in [1.29, 1.82) is 0 Å². The summed E-state index contributed by atoms with van der Waals surface area (Å²) in [5, 5.41) is 17.3. The molecule has 1 amide bonds. The fraction of sp³-hybridized carbons (Fsp3) is 0.917. The van der Waals surface area contributed by atoms with Crippen LogP contribution in [0.4, 0.5) is 4.79 Å². The monoisotopic (exact) mass is 308 g/mol. The largest absolute Gasteiger partial charge is 0.444 e. The van der Waals surface area contributed by atoms with Gasteiger partial charge in [-0.15, -0.1) is 0 Å². The lowest BCUT2D eigenvalue weighted by molar-refractivity contribution is -0.000724. The highest BCUT2D eigenvalue weighted by atomic mass is 32.2. The Morgan fingerprint density at radius 3 is 2.30 bits per heavy atom. The van der Waals surface area contributed by atoms with E-state index in [0.717, 1.165) is 0 Å². The van der Waals surface area contributed by atoms with E-state index in [4.69, 9.17) is 9.88 Å². The summed E-state index contributed by atoms with van der Waals surface area (Å²) in [5.74, 6) is 0. The number of primary sulfonamides is 1. The lowest BCUT2D eigenvalue weighted by Crippen LogP contribution is -2.48. The number of sulfonamides is 1. The van der Waals surface area contributed by atoms with E-state index in [1.807, 2.05) is 0 Å². The van der Waals surface area contributed by atoms with Crippen LogP contribution in [0.5, 0.6) is 0 Å². The predicted octanol–water partition coefficient (Wildman–Crippen LogP) is 0.473. The number of ether oxygens (including phenoxy) is 1. The first-order chi connectivity index (χ1) is 8.91. The van der Waals surface area contributed by atoms with Crippen molar-refractivity contribution in [3.63, 3.8) is 0 Å². The van der Waals surface area contributed by atoms with E-state index in [1.165, 1.54) is 0 Å². The molecule has 1 aliphatic rings. The van der Waals surface area contributed by atoms with Gasteiger partial charge in [0.1, 0.15) is 5.60 Å². The maximum atomic E-state index is 11.5. The molecule has 7 nitrogen and oxygen atoms in total. The standard InChI is InChI=1S/C12H24N2O5S/c1-11(2,3)19-10(15)14-8-12(16)6-4-9(5-7-12)20(13,17)18/h9,16H,4-8H2,1-3H3,(H,14,15)(H2,13,17,18)/t9-,12+. The third-order valence-corrected chi connectivity index (χ3v) is 4.69. The van der Waals surface area contributed by atoms with Crippen LogP contribution >= 0.6 is 0 Å². The minimum absolute atomic E-state index is 0.0409. The van der Waals surface area contributed by atoms with Crippen LogP contribution in [-0.2, 0) is 14.8 Å². The second-order valence-corrected chi connectivity index (χ2v) is 8.21. The molecule has 0 aromatic heterocycles. The first-order valence-electron chi connectivity index (χ1n) is 6.62. The Balaban J connectivity index is 2.44. The zero-order valence-corrected chi connectivity index (χ0v) is 13.0. The Hall–Kier alpha value is -0.860.